The topological polar surface area (TPSA) is 15.3 Å². The van der Waals surface area contributed by atoms with E-state index in [1.54, 1.807) is 0 Å². The van der Waals surface area contributed by atoms with E-state index in [-0.39, 0.29) is 5.69 Å². The average Bonchev–Trinajstić information content (AvgIpc) is 2.66. The van der Waals surface area contributed by atoms with Gasteiger partial charge in [-0.05, 0) is 36.1 Å². The zero-order chi connectivity index (χ0) is 14.0. The lowest BCUT2D eigenvalue weighted by Gasteiger charge is -2.20. The van der Waals surface area contributed by atoms with Crippen LogP contribution in [-0.4, -0.2) is 19.6 Å². The summed E-state index contributed by atoms with van der Waals surface area (Å²) in [6.07, 6.45) is 0. The molecule has 2 nitrogen and oxygen atoms in total. The Morgan fingerprint density at radius 3 is 2.16 bits per heavy atom. The van der Waals surface area contributed by atoms with Gasteiger partial charge in [0.25, 0.3) is 0 Å². The number of halogens is 2. The third-order valence-electron chi connectivity index (χ3n) is 3.96. The molecule has 19 heavy (non-hydrogen) atoms. The quantitative estimate of drug-likeness (QED) is 0.902. The summed E-state index contributed by atoms with van der Waals surface area (Å²) in [7, 11) is 0. The summed E-state index contributed by atoms with van der Waals surface area (Å²) in [6, 6.07) is 2.88. The number of nitrogens with one attached hydrogen (secondary N) is 1. The first-order chi connectivity index (χ1) is 9.02. The summed E-state index contributed by atoms with van der Waals surface area (Å²) in [5.41, 5.74) is 0.789. The Hall–Kier alpha value is -1.16. The summed E-state index contributed by atoms with van der Waals surface area (Å²) in [6.45, 7) is 8.95. The first-order valence-corrected chi connectivity index (χ1v) is 6.96. The third kappa shape index (κ3) is 3.06. The van der Waals surface area contributed by atoms with E-state index in [0.29, 0.717) is 23.9 Å². The molecule has 2 rings (SSSR count). The van der Waals surface area contributed by atoms with Crippen LogP contribution in [0.5, 0.6) is 0 Å². The van der Waals surface area contributed by atoms with E-state index in [4.69, 9.17) is 0 Å². The number of anilines is 1. The van der Waals surface area contributed by atoms with E-state index < -0.39 is 11.6 Å². The lowest BCUT2D eigenvalue weighted by Crippen LogP contribution is -2.22. The summed E-state index contributed by atoms with van der Waals surface area (Å²) in [5.74, 6) is 0.0453. The molecule has 4 heteroatoms. The molecule has 106 valence electrons. The Morgan fingerprint density at radius 2 is 1.68 bits per heavy atom. The van der Waals surface area contributed by atoms with Gasteiger partial charge >= 0.3 is 0 Å². The van der Waals surface area contributed by atoms with E-state index in [1.165, 1.54) is 12.1 Å². The zero-order valence-electron chi connectivity index (χ0n) is 11.8. The lowest BCUT2D eigenvalue weighted by molar-refractivity contribution is 0.494. The molecule has 2 unspecified atom stereocenters. The maximum Gasteiger partial charge on any atom is 0.149 e. The van der Waals surface area contributed by atoms with E-state index in [9.17, 15) is 8.78 Å². The van der Waals surface area contributed by atoms with Crippen molar-refractivity contribution in [3.8, 4) is 0 Å². The fourth-order valence-corrected chi connectivity index (χ4v) is 2.60. The average molecular weight is 268 g/mol. The Kier molecular flexibility index (Phi) is 4.40. The van der Waals surface area contributed by atoms with E-state index in [2.05, 4.69) is 19.2 Å². The molecular weight excluding hydrogens is 246 g/mol. The van der Waals surface area contributed by atoms with Crippen LogP contribution in [0.2, 0.25) is 0 Å². The molecule has 2 atom stereocenters. The molecule has 1 aliphatic rings. The molecule has 0 saturated carbocycles. The summed E-state index contributed by atoms with van der Waals surface area (Å²) < 4.78 is 28.3. The third-order valence-corrected chi connectivity index (χ3v) is 3.96. The van der Waals surface area contributed by atoms with Crippen molar-refractivity contribution in [2.24, 2.45) is 11.8 Å². The molecular formula is C15H22F2N2. The maximum absolute atomic E-state index is 14.1. The molecule has 1 aromatic rings. The Morgan fingerprint density at radius 1 is 1.16 bits per heavy atom. The second-order valence-electron chi connectivity index (χ2n) is 5.55. The number of nitrogens with zero attached hydrogens (tertiary/aromatic N) is 1. The first kappa shape index (κ1) is 14.3. The van der Waals surface area contributed by atoms with Crippen LogP contribution in [0.4, 0.5) is 14.5 Å². The smallest absolute Gasteiger partial charge is 0.149 e. The van der Waals surface area contributed by atoms with Crippen LogP contribution in [0.15, 0.2) is 12.1 Å². The second kappa shape index (κ2) is 5.87. The lowest BCUT2D eigenvalue weighted by atomic mass is 10.0. The van der Waals surface area contributed by atoms with Crippen molar-refractivity contribution in [3.05, 3.63) is 29.3 Å². The highest BCUT2D eigenvalue weighted by atomic mass is 19.1. The Labute approximate surface area is 113 Å². The van der Waals surface area contributed by atoms with Gasteiger partial charge in [0.2, 0.25) is 0 Å². The van der Waals surface area contributed by atoms with E-state index in [1.807, 2.05) is 11.8 Å². The molecule has 0 bridgehead atoms. The monoisotopic (exact) mass is 268 g/mol. The summed E-state index contributed by atoms with van der Waals surface area (Å²) >= 11 is 0. The molecule has 0 aromatic heterocycles. The van der Waals surface area contributed by atoms with Crippen molar-refractivity contribution in [2.75, 3.05) is 24.5 Å². The van der Waals surface area contributed by atoms with Gasteiger partial charge in [-0.15, -0.1) is 0 Å². The predicted octanol–water partition coefficient (Wildman–Crippen LogP) is 3.17. The van der Waals surface area contributed by atoms with Gasteiger partial charge in [0.1, 0.15) is 17.3 Å². The van der Waals surface area contributed by atoms with Gasteiger partial charge in [-0.3, -0.25) is 0 Å². The van der Waals surface area contributed by atoms with E-state index in [0.717, 1.165) is 19.6 Å². The normalized spacial score (nSPS) is 23.1. The van der Waals surface area contributed by atoms with Crippen LogP contribution in [-0.2, 0) is 6.54 Å². The number of hydrogen-bond acceptors (Lipinski definition) is 2. The van der Waals surface area contributed by atoms with Crippen LogP contribution in [0.3, 0.4) is 0 Å². The van der Waals surface area contributed by atoms with Crippen molar-refractivity contribution < 1.29 is 8.78 Å². The Bertz CT molecular complexity index is 415. The number of benzene rings is 1. The van der Waals surface area contributed by atoms with Crippen LogP contribution in [0.25, 0.3) is 0 Å². The molecule has 0 radical (unpaired) electrons. The van der Waals surface area contributed by atoms with Gasteiger partial charge < -0.3 is 10.2 Å². The van der Waals surface area contributed by atoms with Crippen molar-refractivity contribution in [1.29, 1.82) is 0 Å². The fourth-order valence-electron chi connectivity index (χ4n) is 2.60. The molecule has 0 amide bonds. The molecule has 1 aliphatic heterocycles. The molecule has 1 saturated heterocycles. The van der Waals surface area contributed by atoms with Crippen LogP contribution in [0.1, 0.15) is 26.3 Å². The molecule has 1 N–H and O–H groups in total. The minimum absolute atomic E-state index is 0.136. The molecule has 0 aliphatic carbocycles. The highest BCUT2D eigenvalue weighted by Gasteiger charge is 2.29. The molecule has 1 heterocycles. The van der Waals surface area contributed by atoms with E-state index >= 15 is 0 Å². The standard InChI is InChI=1S/C15H22F2N2/c1-4-18-7-12-5-13(16)15(14(17)6-12)19-8-10(2)11(3)9-19/h5-6,10-11,18H,4,7-9H2,1-3H3. The number of hydrogen-bond donors (Lipinski definition) is 1. The maximum atomic E-state index is 14.1. The highest BCUT2D eigenvalue weighted by molar-refractivity contribution is 5.51. The molecule has 1 fully saturated rings. The Balaban J connectivity index is 2.22. The SMILES string of the molecule is CCNCc1cc(F)c(N2CC(C)C(C)C2)c(F)c1. The highest BCUT2D eigenvalue weighted by Crippen LogP contribution is 2.32. The minimum Gasteiger partial charge on any atom is -0.366 e. The minimum atomic E-state index is -0.450. The fraction of sp³-hybridized carbons (Fsp3) is 0.600. The van der Waals surface area contributed by atoms with Gasteiger partial charge in [-0.2, -0.15) is 0 Å². The largest absolute Gasteiger partial charge is 0.366 e. The summed E-state index contributed by atoms with van der Waals surface area (Å²) in [4.78, 5) is 1.83. The van der Waals surface area contributed by atoms with Crippen molar-refractivity contribution in [1.82, 2.24) is 5.32 Å². The predicted molar refractivity (Wildman–Crippen MR) is 74.3 cm³/mol. The second-order valence-corrected chi connectivity index (χ2v) is 5.55. The number of rotatable bonds is 4. The van der Waals surface area contributed by atoms with Gasteiger partial charge in [0.15, 0.2) is 0 Å². The zero-order valence-corrected chi connectivity index (χ0v) is 11.8. The van der Waals surface area contributed by atoms with Crippen LogP contribution >= 0.6 is 0 Å². The first-order valence-electron chi connectivity index (χ1n) is 6.96. The van der Waals surface area contributed by atoms with Crippen LogP contribution < -0.4 is 10.2 Å². The van der Waals surface area contributed by atoms with Crippen LogP contribution in [0, 0.1) is 23.5 Å². The van der Waals surface area contributed by atoms with Crippen molar-refractivity contribution in [3.63, 3.8) is 0 Å². The van der Waals surface area contributed by atoms with Crippen molar-refractivity contribution >= 4 is 5.69 Å². The van der Waals surface area contributed by atoms with Gasteiger partial charge in [0.05, 0.1) is 0 Å². The van der Waals surface area contributed by atoms with Crippen molar-refractivity contribution in [2.45, 2.75) is 27.3 Å². The van der Waals surface area contributed by atoms with Gasteiger partial charge in [-0.25, -0.2) is 8.78 Å². The molecule has 0 spiro atoms. The molecule has 1 aromatic carbocycles. The van der Waals surface area contributed by atoms with Gasteiger partial charge in [-0.1, -0.05) is 20.8 Å². The van der Waals surface area contributed by atoms with Gasteiger partial charge in [0, 0.05) is 19.6 Å². The summed E-state index contributed by atoms with van der Waals surface area (Å²) in [5, 5.41) is 3.08.